The van der Waals surface area contributed by atoms with Crippen molar-refractivity contribution in [3.8, 4) is 0 Å². The van der Waals surface area contributed by atoms with E-state index in [0.717, 1.165) is 43.4 Å². The Morgan fingerprint density at radius 3 is 2.37 bits per heavy atom. The number of ether oxygens (including phenoxy) is 1. The zero-order chi connectivity index (χ0) is 18.5. The number of para-hydroxylation sites is 2. The molecule has 0 radical (unpaired) electrons. The molecule has 7 heteroatoms. The number of nitrogens with zero attached hydrogens (tertiary/aromatic N) is 3. The SMILES string of the molecule is Fc1ccc(Nc2cc(Nc3ccccc3N3CCOCC3)ncn2)cc1. The molecule has 27 heavy (non-hydrogen) atoms. The van der Waals surface area contributed by atoms with Crippen molar-refractivity contribution in [2.24, 2.45) is 0 Å². The lowest BCUT2D eigenvalue weighted by Gasteiger charge is -2.30. The summed E-state index contributed by atoms with van der Waals surface area (Å²) in [6.07, 6.45) is 1.49. The van der Waals surface area contributed by atoms with E-state index in [1.165, 1.54) is 18.5 Å². The van der Waals surface area contributed by atoms with Gasteiger partial charge in [-0.25, -0.2) is 14.4 Å². The molecule has 6 nitrogen and oxygen atoms in total. The quantitative estimate of drug-likeness (QED) is 0.714. The fourth-order valence-corrected chi connectivity index (χ4v) is 2.97. The van der Waals surface area contributed by atoms with Crippen LogP contribution >= 0.6 is 0 Å². The van der Waals surface area contributed by atoms with Crippen molar-refractivity contribution < 1.29 is 9.13 Å². The van der Waals surface area contributed by atoms with E-state index in [4.69, 9.17) is 4.74 Å². The molecule has 0 bridgehead atoms. The third-order valence-electron chi connectivity index (χ3n) is 4.30. The molecule has 0 aliphatic carbocycles. The van der Waals surface area contributed by atoms with E-state index in [1.807, 2.05) is 24.3 Å². The normalized spacial score (nSPS) is 14.0. The van der Waals surface area contributed by atoms with E-state index >= 15 is 0 Å². The summed E-state index contributed by atoms with van der Waals surface area (Å²) in [6, 6.07) is 16.1. The third-order valence-corrected chi connectivity index (χ3v) is 4.30. The van der Waals surface area contributed by atoms with Crippen LogP contribution in [0.25, 0.3) is 0 Å². The van der Waals surface area contributed by atoms with Crippen LogP contribution in [0.15, 0.2) is 60.9 Å². The monoisotopic (exact) mass is 365 g/mol. The van der Waals surface area contributed by atoms with E-state index in [-0.39, 0.29) is 5.82 Å². The lowest BCUT2D eigenvalue weighted by atomic mass is 10.2. The topological polar surface area (TPSA) is 62.3 Å². The van der Waals surface area contributed by atoms with Gasteiger partial charge < -0.3 is 20.3 Å². The molecule has 4 rings (SSSR count). The van der Waals surface area contributed by atoms with Gasteiger partial charge in [0, 0.05) is 24.8 Å². The van der Waals surface area contributed by atoms with Crippen molar-refractivity contribution in [3.63, 3.8) is 0 Å². The first kappa shape index (κ1) is 17.2. The molecule has 1 aliphatic rings. The molecule has 0 amide bonds. The highest BCUT2D eigenvalue weighted by Crippen LogP contribution is 2.29. The van der Waals surface area contributed by atoms with Crippen molar-refractivity contribution in [1.29, 1.82) is 0 Å². The molecular formula is C20H20FN5O. The largest absolute Gasteiger partial charge is 0.378 e. The molecule has 138 valence electrons. The Kier molecular flexibility index (Phi) is 5.11. The Morgan fingerprint density at radius 2 is 1.59 bits per heavy atom. The highest BCUT2D eigenvalue weighted by Gasteiger charge is 2.14. The Bertz CT molecular complexity index is 897. The van der Waals surface area contributed by atoms with Gasteiger partial charge >= 0.3 is 0 Å². The van der Waals surface area contributed by atoms with Gasteiger partial charge in [0.25, 0.3) is 0 Å². The number of hydrogen-bond acceptors (Lipinski definition) is 6. The van der Waals surface area contributed by atoms with Gasteiger partial charge in [-0.2, -0.15) is 0 Å². The van der Waals surface area contributed by atoms with E-state index < -0.39 is 0 Å². The van der Waals surface area contributed by atoms with Crippen molar-refractivity contribution in [3.05, 3.63) is 66.7 Å². The summed E-state index contributed by atoms with van der Waals surface area (Å²) in [6.45, 7) is 3.18. The van der Waals surface area contributed by atoms with E-state index in [9.17, 15) is 4.39 Å². The number of halogens is 1. The van der Waals surface area contributed by atoms with Crippen LogP contribution in [0.5, 0.6) is 0 Å². The van der Waals surface area contributed by atoms with Crippen LogP contribution in [-0.4, -0.2) is 36.3 Å². The molecule has 1 aromatic heterocycles. The van der Waals surface area contributed by atoms with E-state index in [0.29, 0.717) is 11.6 Å². The van der Waals surface area contributed by atoms with Crippen LogP contribution in [0.1, 0.15) is 0 Å². The summed E-state index contributed by atoms with van der Waals surface area (Å²) in [5.74, 6) is 1.03. The average Bonchev–Trinajstić information content (AvgIpc) is 2.71. The van der Waals surface area contributed by atoms with Crippen molar-refractivity contribution in [2.75, 3.05) is 41.8 Å². The number of aromatic nitrogens is 2. The van der Waals surface area contributed by atoms with Crippen LogP contribution < -0.4 is 15.5 Å². The van der Waals surface area contributed by atoms with Gasteiger partial charge in [0.05, 0.1) is 24.6 Å². The highest BCUT2D eigenvalue weighted by atomic mass is 19.1. The van der Waals surface area contributed by atoms with Crippen molar-refractivity contribution in [1.82, 2.24) is 9.97 Å². The minimum Gasteiger partial charge on any atom is -0.378 e. The molecule has 2 heterocycles. The highest BCUT2D eigenvalue weighted by molar-refractivity contribution is 5.75. The zero-order valence-electron chi connectivity index (χ0n) is 14.7. The van der Waals surface area contributed by atoms with Gasteiger partial charge in [0.2, 0.25) is 0 Å². The van der Waals surface area contributed by atoms with Gasteiger partial charge in [0.15, 0.2) is 0 Å². The fraction of sp³-hybridized carbons (Fsp3) is 0.200. The van der Waals surface area contributed by atoms with Crippen molar-refractivity contribution >= 4 is 28.7 Å². The summed E-state index contributed by atoms with van der Waals surface area (Å²) in [5.41, 5.74) is 2.85. The maximum absolute atomic E-state index is 13.0. The predicted octanol–water partition coefficient (Wildman–Crippen LogP) is 3.94. The van der Waals surface area contributed by atoms with Crippen LogP contribution in [0.4, 0.5) is 33.1 Å². The van der Waals surface area contributed by atoms with E-state index in [2.05, 4.69) is 31.6 Å². The molecular weight excluding hydrogens is 345 g/mol. The summed E-state index contributed by atoms with van der Waals surface area (Å²) in [4.78, 5) is 10.8. The van der Waals surface area contributed by atoms with Gasteiger partial charge in [0.1, 0.15) is 23.8 Å². The zero-order valence-corrected chi connectivity index (χ0v) is 14.7. The number of hydrogen-bond donors (Lipinski definition) is 2. The minimum atomic E-state index is -0.273. The molecule has 0 spiro atoms. The number of benzene rings is 2. The lowest BCUT2D eigenvalue weighted by Crippen LogP contribution is -2.36. The Labute approximate surface area is 157 Å². The maximum Gasteiger partial charge on any atom is 0.135 e. The molecule has 3 aromatic rings. The minimum absolute atomic E-state index is 0.273. The molecule has 2 N–H and O–H groups in total. The number of anilines is 5. The summed E-state index contributed by atoms with van der Waals surface area (Å²) >= 11 is 0. The second-order valence-electron chi connectivity index (χ2n) is 6.16. The lowest BCUT2D eigenvalue weighted by molar-refractivity contribution is 0.123. The first-order chi connectivity index (χ1) is 13.3. The van der Waals surface area contributed by atoms with E-state index in [1.54, 1.807) is 12.1 Å². The van der Waals surface area contributed by atoms with Gasteiger partial charge in [-0.3, -0.25) is 0 Å². The molecule has 0 unspecified atom stereocenters. The average molecular weight is 365 g/mol. The first-order valence-corrected chi connectivity index (χ1v) is 8.81. The summed E-state index contributed by atoms with van der Waals surface area (Å²) < 4.78 is 18.5. The first-order valence-electron chi connectivity index (χ1n) is 8.81. The van der Waals surface area contributed by atoms with Gasteiger partial charge in [-0.05, 0) is 36.4 Å². The Morgan fingerprint density at radius 1 is 0.889 bits per heavy atom. The molecule has 0 saturated carbocycles. The van der Waals surface area contributed by atoms with Crippen LogP contribution in [0, 0.1) is 5.82 Å². The summed E-state index contributed by atoms with van der Waals surface area (Å²) in [7, 11) is 0. The van der Waals surface area contributed by atoms with Crippen LogP contribution in [-0.2, 0) is 4.74 Å². The molecule has 0 atom stereocenters. The maximum atomic E-state index is 13.0. The van der Waals surface area contributed by atoms with Crippen LogP contribution in [0.2, 0.25) is 0 Å². The second kappa shape index (κ2) is 8.01. The number of rotatable bonds is 5. The molecule has 1 saturated heterocycles. The molecule has 1 aliphatic heterocycles. The number of nitrogens with one attached hydrogen (secondary N) is 2. The second-order valence-corrected chi connectivity index (χ2v) is 6.16. The van der Waals surface area contributed by atoms with Gasteiger partial charge in [-0.1, -0.05) is 12.1 Å². The van der Waals surface area contributed by atoms with Crippen molar-refractivity contribution in [2.45, 2.75) is 0 Å². The standard InChI is InChI=1S/C20H20FN5O/c21-15-5-7-16(8-6-15)24-19-13-20(23-14-22-19)25-17-3-1-2-4-18(17)26-9-11-27-12-10-26/h1-8,13-14H,9-12H2,(H2,22,23,24,25). The van der Waals surface area contributed by atoms with Crippen LogP contribution in [0.3, 0.4) is 0 Å². The Hall–Kier alpha value is -3.19. The molecule has 2 aromatic carbocycles. The Balaban J connectivity index is 1.52. The van der Waals surface area contributed by atoms with Gasteiger partial charge in [-0.15, -0.1) is 0 Å². The number of morpholine rings is 1. The summed E-state index contributed by atoms with van der Waals surface area (Å²) in [5, 5.41) is 6.52. The predicted molar refractivity (Wildman–Crippen MR) is 104 cm³/mol. The third kappa shape index (κ3) is 4.32. The fourth-order valence-electron chi connectivity index (χ4n) is 2.97. The molecule has 1 fully saturated rings. The smallest absolute Gasteiger partial charge is 0.135 e.